The Labute approximate surface area is 101 Å². The Morgan fingerprint density at radius 3 is 2.00 bits per heavy atom. The average Bonchev–Trinajstić information content (AvgIpc) is 2.29. The van der Waals surface area contributed by atoms with Crippen molar-refractivity contribution in [3.05, 3.63) is 29.8 Å². The van der Waals surface area contributed by atoms with Gasteiger partial charge in [-0.2, -0.15) is 0 Å². The molecule has 0 aromatic heterocycles. The van der Waals surface area contributed by atoms with Crippen LogP contribution in [0.25, 0.3) is 0 Å². The third-order valence-corrected chi connectivity index (χ3v) is 4.84. The zero-order chi connectivity index (χ0) is 13.3. The number of benzene rings is 1. The average molecular weight is 262 g/mol. The highest BCUT2D eigenvalue weighted by Gasteiger charge is 2.29. The number of rotatable bonds is 4. The summed E-state index contributed by atoms with van der Waals surface area (Å²) in [6, 6.07) is 4.85. The van der Waals surface area contributed by atoms with Crippen molar-refractivity contribution >= 4 is 9.84 Å². The quantitative estimate of drug-likeness (QED) is 0.833. The molecule has 1 rings (SSSR count). The van der Waals surface area contributed by atoms with Crippen LogP contribution in [0, 0.1) is 0 Å². The van der Waals surface area contributed by atoms with Crippen LogP contribution in [-0.4, -0.2) is 13.7 Å². The maximum atomic E-state index is 13.3. The van der Waals surface area contributed by atoms with Crippen molar-refractivity contribution in [1.29, 1.82) is 0 Å². The van der Waals surface area contributed by atoms with Gasteiger partial charge in [-0.25, -0.2) is 17.2 Å². The minimum absolute atomic E-state index is 0.0863. The summed E-state index contributed by atoms with van der Waals surface area (Å²) < 4.78 is 50.2. The Morgan fingerprint density at radius 2 is 1.65 bits per heavy atom. The van der Waals surface area contributed by atoms with Crippen LogP contribution < -0.4 is 0 Å². The molecule has 0 aliphatic heterocycles. The molecule has 0 heterocycles. The van der Waals surface area contributed by atoms with Crippen molar-refractivity contribution in [2.24, 2.45) is 0 Å². The van der Waals surface area contributed by atoms with E-state index >= 15 is 0 Å². The number of alkyl halides is 2. The first-order valence-corrected chi connectivity index (χ1v) is 6.98. The highest BCUT2D eigenvalue weighted by molar-refractivity contribution is 7.92. The molecule has 0 aliphatic rings. The molecule has 0 atom stereocenters. The number of hydrogen-bond donors (Lipinski definition) is 0. The van der Waals surface area contributed by atoms with Gasteiger partial charge in [0.05, 0.1) is 10.1 Å². The number of hydrogen-bond acceptors (Lipinski definition) is 2. The van der Waals surface area contributed by atoms with Gasteiger partial charge in [0.25, 0.3) is 5.92 Å². The monoisotopic (exact) mass is 262 g/mol. The van der Waals surface area contributed by atoms with Crippen LogP contribution in [0.3, 0.4) is 0 Å². The molecule has 0 unspecified atom stereocenters. The van der Waals surface area contributed by atoms with Gasteiger partial charge in [0.1, 0.15) is 0 Å². The maximum absolute atomic E-state index is 13.3. The van der Waals surface area contributed by atoms with E-state index in [4.69, 9.17) is 0 Å². The molecule has 0 saturated heterocycles. The van der Waals surface area contributed by atoms with E-state index in [2.05, 4.69) is 0 Å². The summed E-state index contributed by atoms with van der Waals surface area (Å²) in [5.41, 5.74) is -0.150. The van der Waals surface area contributed by atoms with E-state index in [1.54, 1.807) is 13.8 Å². The summed E-state index contributed by atoms with van der Waals surface area (Å²) in [6.07, 6.45) is -0.302. The van der Waals surface area contributed by atoms with Gasteiger partial charge >= 0.3 is 0 Å². The van der Waals surface area contributed by atoms with E-state index in [0.717, 1.165) is 0 Å². The molecule has 0 saturated carbocycles. The number of sulfone groups is 1. The van der Waals surface area contributed by atoms with Gasteiger partial charge in [-0.3, -0.25) is 0 Å². The van der Waals surface area contributed by atoms with Gasteiger partial charge in [-0.05, 0) is 26.0 Å². The van der Waals surface area contributed by atoms with Crippen molar-refractivity contribution in [1.82, 2.24) is 0 Å². The largest absolute Gasteiger partial charge is 0.273 e. The topological polar surface area (TPSA) is 34.1 Å². The molecule has 0 fully saturated rings. The zero-order valence-corrected chi connectivity index (χ0v) is 10.9. The first-order chi connectivity index (χ1) is 7.71. The molecular weight excluding hydrogens is 246 g/mol. The van der Waals surface area contributed by atoms with Gasteiger partial charge in [0, 0.05) is 12.0 Å². The maximum Gasteiger partial charge on any atom is 0.273 e. The number of halogens is 2. The Hall–Kier alpha value is -0.970. The van der Waals surface area contributed by atoms with Crippen molar-refractivity contribution < 1.29 is 17.2 Å². The molecule has 0 amide bonds. The molecule has 2 nitrogen and oxygen atoms in total. The lowest BCUT2D eigenvalue weighted by atomic mass is 10.1. The summed E-state index contributed by atoms with van der Waals surface area (Å²) in [4.78, 5) is 0.0863. The highest BCUT2D eigenvalue weighted by atomic mass is 32.2. The highest BCUT2D eigenvalue weighted by Crippen LogP contribution is 2.32. The van der Waals surface area contributed by atoms with Gasteiger partial charge in [0.2, 0.25) is 0 Å². The fraction of sp³-hybridized carbons (Fsp3) is 0.500. The van der Waals surface area contributed by atoms with Gasteiger partial charge in [-0.15, -0.1) is 0 Å². The van der Waals surface area contributed by atoms with Crippen molar-refractivity contribution in [2.45, 2.75) is 43.3 Å². The Morgan fingerprint density at radius 1 is 1.18 bits per heavy atom. The van der Waals surface area contributed by atoms with Crippen LogP contribution in [0.2, 0.25) is 0 Å². The predicted molar refractivity (Wildman–Crippen MR) is 62.9 cm³/mol. The van der Waals surface area contributed by atoms with Crippen LogP contribution in [-0.2, 0) is 15.8 Å². The van der Waals surface area contributed by atoms with Gasteiger partial charge in [0.15, 0.2) is 9.84 Å². The summed E-state index contributed by atoms with van der Waals surface area (Å²) in [6.45, 7) is 4.51. The minimum atomic E-state index is -3.39. The minimum Gasteiger partial charge on any atom is -0.223 e. The van der Waals surface area contributed by atoms with E-state index in [1.165, 1.54) is 31.2 Å². The van der Waals surface area contributed by atoms with E-state index in [-0.39, 0.29) is 16.9 Å². The Kier molecular flexibility index (Phi) is 3.91. The van der Waals surface area contributed by atoms with Crippen LogP contribution in [0.1, 0.15) is 32.8 Å². The molecule has 0 bridgehead atoms. The van der Waals surface area contributed by atoms with Crippen LogP contribution in [0.5, 0.6) is 0 Å². The van der Waals surface area contributed by atoms with E-state index in [0.29, 0.717) is 0 Å². The Balaban J connectivity index is 3.14. The summed E-state index contributed by atoms with van der Waals surface area (Å²) in [5.74, 6) is -2.90. The van der Waals surface area contributed by atoms with Crippen LogP contribution in [0.15, 0.2) is 29.2 Å². The van der Waals surface area contributed by atoms with Crippen molar-refractivity contribution in [3.63, 3.8) is 0 Å². The van der Waals surface area contributed by atoms with E-state index < -0.39 is 21.0 Å². The summed E-state index contributed by atoms with van der Waals surface area (Å²) in [7, 11) is -3.39. The molecule has 0 aliphatic carbocycles. The van der Waals surface area contributed by atoms with Crippen LogP contribution >= 0.6 is 0 Å². The molecule has 0 radical (unpaired) electrons. The van der Waals surface area contributed by atoms with Crippen molar-refractivity contribution in [2.75, 3.05) is 0 Å². The Bertz CT molecular complexity index is 476. The fourth-order valence-electron chi connectivity index (χ4n) is 1.36. The van der Waals surface area contributed by atoms with Gasteiger partial charge in [-0.1, -0.05) is 19.1 Å². The lowest BCUT2D eigenvalue weighted by molar-refractivity contribution is -0.00833. The molecule has 1 aromatic rings. The predicted octanol–water partition coefficient (Wildman–Crippen LogP) is 3.37. The SMILES string of the molecule is CCC(F)(F)c1ccc(S(=O)(=O)C(C)C)cc1. The summed E-state index contributed by atoms with van der Waals surface area (Å²) >= 11 is 0. The second kappa shape index (κ2) is 4.72. The molecule has 0 N–H and O–H groups in total. The molecule has 0 spiro atoms. The second-order valence-electron chi connectivity index (χ2n) is 4.18. The molecule has 17 heavy (non-hydrogen) atoms. The zero-order valence-electron chi connectivity index (χ0n) is 10.1. The fourth-order valence-corrected chi connectivity index (χ4v) is 2.42. The molecular formula is C12H16F2O2S. The first kappa shape index (κ1) is 14.1. The standard InChI is InChI=1S/C12H16F2O2S/c1-4-12(13,14)10-5-7-11(8-6-10)17(15,16)9(2)3/h5-9H,4H2,1-3H3. The van der Waals surface area contributed by atoms with Crippen molar-refractivity contribution in [3.8, 4) is 0 Å². The lowest BCUT2D eigenvalue weighted by Crippen LogP contribution is -2.15. The van der Waals surface area contributed by atoms with E-state index in [9.17, 15) is 17.2 Å². The normalized spacial score (nSPS) is 13.1. The second-order valence-corrected chi connectivity index (χ2v) is 6.68. The smallest absolute Gasteiger partial charge is 0.223 e. The molecule has 96 valence electrons. The van der Waals surface area contributed by atoms with Crippen LogP contribution in [0.4, 0.5) is 8.78 Å². The first-order valence-electron chi connectivity index (χ1n) is 5.44. The van der Waals surface area contributed by atoms with E-state index in [1.807, 2.05) is 0 Å². The third-order valence-electron chi connectivity index (χ3n) is 2.67. The lowest BCUT2D eigenvalue weighted by Gasteiger charge is -2.15. The third kappa shape index (κ3) is 2.83. The molecule has 5 heteroatoms. The summed E-state index contributed by atoms with van der Waals surface area (Å²) in [5, 5.41) is -0.556. The van der Waals surface area contributed by atoms with Gasteiger partial charge < -0.3 is 0 Å². The molecule has 1 aromatic carbocycles.